The standard InChI is InChI=1S/C36H35F4N5O4/c1-3-23-26(37)9-8-22-6-4-7-24(28(22)23)29-27(45(47)48)18-25-31(30(29)38)41-33(42-32(25)44-15-5-10-34(2,46)19-44)49-21-35(11-12-35)20-43-16-13-36(39,40)14-17-43/h1,4,6-9,18,46H,5,10-17,19-21H2,2H3. The van der Waals surface area contributed by atoms with Crippen molar-refractivity contribution in [2.45, 2.75) is 57.0 Å². The molecule has 1 unspecified atom stereocenters. The minimum Gasteiger partial charge on any atom is -0.463 e. The Labute approximate surface area is 280 Å². The van der Waals surface area contributed by atoms with Gasteiger partial charge in [-0.3, -0.25) is 10.1 Å². The summed E-state index contributed by atoms with van der Waals surface area (Å²) in [5.74, 6) is -1.93. The van der Waals surface area contributed by atoms with Crippen molar-refractivity contribution >= 4 is 33.2 Å². The summed E-state index contributed by atoms with van der Waals surface area (Å²) in [6.45, 7) is 3.55. The zero-order valence-electron chi connectivity index (χ0n) is 26.9. The van der Waals surface area contributed by atoms with Gasteiger partial charge in [0.25, 0.3) is 11.6 Å². The molecule has 4 aromatic rings. The molecule has 3 aliphatic rings. The normalized spacial score (nSPS) is 21.9. The number of nitrogens with zero attached hydrogens (tertiary/aromatic N) is 5. The number of ether oxygens (including phenoxy) is 1. The molecule has 1 atom stereocenters. The van der Waals surface area contributed by atoms with Gasteiger partial charge in [0, 0.05) is 68.0 Å². The third-order valence-electron chi connectivity index (χ3n) is 10.1. The maximum absolute atomic E-state index is 17.0. The van der Waals surface area contributed by atoms with E-state index in [1.165, 1.54) is 24.3 Å². The Morgan fingerprint density at radius 2 is 1.84 bits per heavy atom. The van der Waals surface area contributed by atoms with Crippen molar-refractivity contribution in [1.82, 2.24) is 14.9 Å². The van der Waals surface area contributed by atoms with Gasteiger partial charge in [0.1, 0.15) is 17.2 Å². The van der Waals surface area contributed by atoms with Crippen LogP contribution in [0.25, 0.3) is 32.8 Å². The lowest BCUT2D eigenvalue weighted by Gasteiger charge is -2.38. The van der Waals surface area contributed by atoms with Gasteiger partial charge in [-0.15, -0.1) is 6.42 Å². The van der Waals surface area contributed by atoms with Crippen LogP contribution in [-0.2, 0) is 0 Å². The fraction of sp³-hybridized carbons (Fsp3) is 0.444. The van der Waals surface area contributed by atoms with Crippen molar-refractivity contribution in [3.63, 3.8) is 0 Å². The average molecular weight is 678 g/mol. The van der Waals surface area contributed by atoms with Crippen LogP contribution < -0.4 is 9.64 Å². The quantitative estimate of drug-likeness (QED) is 0.0934. The smallest absolute Gasteiger partial charge is 0.319 e. The molecule has 49 heavy (non-hydrogen) atoms. The van der Waals surface area contributed by atoms with Crippen LogP contribution in [0.3, 0.4) is 0 Å². The number of fused-ring (bicyclic) bond motifs is 2. The van der Waals surface area contributed by atoms with E-state index in [9.17, 15) is 28.4 Å². The number of nitro groups is 1. The van der Waals surface area contributed by atoms with Crippen molar-refractivity contribution in [3.8, 4) is 29.5 Å². The third kappa shape index (κ3) is 6.35. The van der Waals surface area contributed by atoms with Gasteiger partial charge in [-0.1, -0.05) is 30.2 Å². The molecule has 1 aromatic heterocycles. The predicted octanol–water partition coefficient (Wildman–Crippen LogP) is 6.86. The first kappa shape index (κ1) is 33.0. The van der Waals surface area contributed by atoms with E-state index in [0.29, 0.717) is 31.3 Å². The van der Waals surface area contributed by atoms with Crippen molar-refractivity contribution in [1.29, 1.82) is 0 Å². The van der Waals surface area contributed by atoms with Gasteiger partial charge in [-0.25, -0.2) is 17.6 Å². The lowest BCUT2D eigenvalue weighted by atomic mass is 9.92. The molecule has 9 nitrogen and oxygen atoms in total. The summed E-state index contributed by atoms with van der Waals surface area (Å²) in [4.78, 5) is 24.7. The van der Waals surface area contributed by atoms with E-state index in [4.69, 9.17) is 11.2 Å². The molecule has 1 saturated carbocycles. The minimum atomic E-state index is -2.65. The Morgan fingerprint density at radius 1 is 1.08 bits per heavy atom. The molecule has 3 fully saturated rings. The summed E-state index contributed by atoms with van der Waals surface area (Å²) in [5.41, 5.74) is -2.76. The van der Waals surface area contributed by atoms with Crippen molar-refractivity contribution in [2.75, 3.05) is 44.2 Å². The van der Waals surface area contributed by atoms with E-state index in [2.05, 4.69) is 15.9 Å². The molecular formula is C36H35F4N5O4. The fourth-order valence-corrected chi connectivity index (χ4v) is 7.24. The van der Waals surface area contributed by atoms with Crippen molar-refractivity contribution < 1.29 is 32.3 Å². The number of aliphatic hydroxyl groups is 1. The van der Waals surface area contributed by atoms with Crippen LogP contribution in [0.1, 0.15) is 51.0 Å². The Morgan fingerprint density at radius 3 is 2.51 bits per heavy atom. The number of rotatable bonds is 8. The molecule has 0 amide bonds. The van der Waals surface area contributed by atoms with E-state index in [-0.39, 0.29) is 83.7 Å². The van der Waals surface area contributed by atoms with Crippen LogP contribution in [0, 0.1) is 39.5 Å². The first-order valence-electron chi connectivity index (χ1n) is 16.4. The largest absolute Gasteiger partial charge is 0.463 e. The Balaban J connectivity index is 1.35. The highest BCUT2D eigenvalue weighted by Gasteiger charge is 2.47. The molecule has 2 saturated heterocycles. The van der Waals surface area contributed by atoms with Crippen LogP contribution in [0.5, 0.6) is 6.01 Å². The zero-order valence-corrected chi connectivity index (χ0v) is 26.9. The number of benzene rings is 3. The first-order valence-corrected chi connectivity index (χ1v) is 16.4. The number of aromatic nitrogens is 2. The lowest BCUT2D eigenvalue weighted by molar-refractivity contribution is -0.384. The van der Waals surface area contributed by atoms with Crippen molar-refractivity contribution in [2.24, 2.45) is 5.41 Å². The van der Waals surface area contributed by atoms with E-state index < -0.39 is 39.3 Å². The zero-order chi connectivity index (χ0) is 34.7. The molecule has 1 aliphatic carbocycles. The van der Waals surface area contributed by atoms with Gasteiger partial charge in [0.2, 0.25) is 0 Å². The molecule has 13 heteroatoms. The highest BCUT2D eigenvalue weighted by atomic mass is 19.3. The summed E-state index contributed by atoms with van der Waals surface area (Å²) in [6, 6.07) is 8.40. The molecule has 2 aliphatic heterocycles. The first-order chi connectivity index (χ1) is 23.3. The molecule has 3 aromatic carbocycles. The minimum absolute atomic E-state index is 0.0311. The maximum atomic E-state index is 17.0. The summed E-state index contributed by atoms with van der Waals surface area (Å²) >= 11 is 0. The number of β-amino-alcohol motifs (C(OH)–C–C–N with tert-alkyl or cyclic N) is 1. The molecule has 0 spiro atoms. The lowest BCUT2D eigenvalue weighted by Crippen LogP contribution is -2.46. The average Bonchev–Trinajstić information content (AvgIpc) is 3.83. The number of likely N-dealkylation sites (tertiary alicyclic amines) is 1. The molecule has 7 rings (SSSR count). The van der Waals surface area contributed by atoms with Crippen LogP contribution in [0.4, 0.5) is 29.1 Å². The summed E-state index contributed by atoms with van der Waals surface area (Å²) in [7, 11) is 0. The monoisotopic (exact) mass is 677 g/mol. The second kappa shape index (κ2) is 12.1. The molecule has 0 radical (unpaired) electrons. The van der Waals surface area contributed by atoms with E-state index in [1.807, 2.05) is 4.90 Å². The molecule has 1 N–H and O–H groups in total. The van der Waals surface area contributed by atoms with Gasteiger partial charge in [0.05, 0.1) is 33.6 Å². The second-order valence-corrected chi connectivity index (χ2v) is 14.0. The van der Waals surface area contributed by atoms with Crippen LogP contribution in [0.15, 0.2) is 36.4 Å². The van der Waals surface area contributed by atoms with Gasteiger partial charge in [-0.05, 0) is 44.1 Å². The fourth-order valence-electron chi connectivity index (χ4n) is 7.24. The summed E-state index contributed by atoms with van der Waals surface area (Å²) in [5, 5.41) is 24.2. The SMILES string of the molecule is C#Cc1c(F)ccc2cccc(-c3c([N+](=O)[O-])cc4c(N5CCCC(C)(O)C5)nc(OCC5(CN6CCC(F)(F)CC6)CC5)nc4c3F)c12. The van der Waals surface area contributed by atoms with Gasteiger partial charge < -0.3 is 19.6 Å². The number of anilines is 1. The highest BCUT2D eigenvalue weighted by molar-refractivity contribution is 6.06. The van der Waals surface area contributed by atoms with E-state index >= 15 is 4.39 Å². The Hall–Kier alpha value is -4.54. The van der Waals surface area contributed by atoms with Gasteiger partial charge in [-0.2, -0.15) is 9.97 Å². The van der Waals surface area contributed by atoms with Gasteiger partial charge >= 0.3 is 6.01 Å². The van der Waals surface area contributed by atoms with Gasteiger partial charge in [0.15, 0.2) is 5.82 Å². The number of hydrogen-bond donors (Lipinski definition) is 1. The highest BCUT2D eigenvalue weighted by Crippen LogP contribution is 2.48. The maximum Gasteiger partial charge on any atom is 0.319 e. The number of nitro benzene ring substituents is 1. The van der Waals surface area contributed by atoms with Crippen LogP contribution >= 0.6 is 0 Å². The topological polar surface area (TPSA) is 105 Å². The number of hydrogen-bond acceptors (Lipinski definition) is 8. The Bertz CT molecular complexity index is 2020. The van der Waals surface area contributed by atoms with Crippen LogP contribution in [-0.4, -0.2) is 75.8 Å². The molecular weight excluding hydrogens is 642 g/mol. The second-order valence-electron chi connectivity index (χ2n) is 14.0. The van der Waals surface area contributed by atoms with E-state index in [1.54, 1.807) is 24.0 Å². The van der Waals surface area contributed by atoms with E-state index in [0.717, 1.165) is 12.8 Å². The molecule has 0 bridgehead atoms. The number of alkyl halides is 2. The number of terminal acetylenes is 1. The molecule has 3 heterocycles. The van der Waals surface area contributed by atoms with Crippen LogP contribution in [0.2, 0.25) is 0 Å². The molecule has 256 valence electrons. The predicted molar refractivity (Wildman–Crippen MR) is 177 cm³/mol. The summed E-state index contributed by atoms with van der Waals surface area (Å²) in [6.07, 6.45) is 8.01. The number of halogens is 4. The number of piperidine rings is 2. The van der Waals surface area contributed by atoms with Crippen molar-refractivity contribution in [3.05, 3.63) is 63.7 Å². The summed E-state index contributed by atoms with van der Waals surface area (Å²) < 4.78 is 65.6. The Kier molecular flexibility index (Phi) is 8.15. The third-order valence-corrected chi connectivity index (χ3v) is 10.1.